The fourth-order valence-corrected chi connectivity index (χ4v) is 5.36. The first-order valence-electron chi connectivity index (χ1n) is 10.6. The highest BCUT2D eigenvalue weighted by molar-refractivity contribution is 6.37. The van der Waals surface area contributed by atoms with Crippen molar-refractivity contribution in [1.82, 2.24) is 0 Å². The second-order valence-corrected chi connectivity index (χ2v) is 8.50. The zero-order valence-corrected chi connectivity index (χ0v) is 17.4. The highest BCUT2D eigenvalue weighted by Gasteiger charge is 2.74. The maximum Gasteiger partial charge on any atom is 0.241 e. The van der Waals surface area contributed by atoms with E-state index >= 15 is 0 Å². The highest BCUT2D eigenvalue weighted by Crippen LogP contribution is 2.57. The van der Waals surface area contributed by atoms with Crippen LogP contribution in [0.5, 0.6) is 0 Å². The van der Waals surface area contributed by atoms with Crippen LogP contribution in [0.2, 0.25) is 0 Å². The molecule has 2 saturated heterocycles. The molecule has 1 aliphatic carbocycles. The standard InChI is InChI=1S/C26H15F2NO5/c27-14-10-11-18(17(28)12-14)29-24(32)19-20(25(29)33)26(34-21(19)13-6-2-1-3-7-13)22(30)15-8-4-5-9-16(15)23(26)31/h1-12,19-21H. The predicted molar refractivity (Wildman–Crippen MR) is 114 cm³/mol. The summed E-state index contributed by atoms with van der Waals surface area (Å²) in [7, 11) is 0. The maximum absolute atomic E-state index is 14.6. The summed E-state index contributed by atoms with van der Waals surface area (Å²) in [4.78, 5) is 55.1. The van der Waals surface area contributed by atoms with Crippen LogP contribution in [0.3, 0.4) is 0 Å². The lowest BCUT2D eigenvalue weighted by molar-refractivity contribution is -0.127. The fourth-order valence-electron chi connectivity index (χ4n) is 5.36. The first kappa shape index (κ1) is 20.6. The minimum Gasteiger partial charge on any atom is -0.349 e. The van der Waals surface area contributed by atoms with Crippen LogP contribution < -0.4 is 4.90 Å². The third-order valence-corrected chi connectivity index (χ3v) is 6.80. The van der Waals surface area contributed by atoms with Gasteiger partial charge in [-0.2, -0.15) is 0 Å². The summed E-state index contributed by atoms with van der Waals surface area (Å²) in [5, 5.41) is 0. The molecule has 0 aromatic heterocycles. The number of halogens is 2. The van der Waals surface area contributed by atoms with Gasteiger partial charge in [0.1, 0.15) is 11.6 Å². The third kappa shape index (κ3) is 2.46. The first-order chi connectivity index (χ1) is 16.4. The van der Waals surface area contributed by atoms with Crippen LogP contribution in [0, 0.1) is 23.5 Å². The summed E-state index contributed by atoms with van der Waals surface area (Å²) >= 11 is 0. The Balaban J connectivity index is 1.56. The fraction of sp³-hybridized carbons (Fsp3) is 0.154. The second-order valence-electron chi connectivity index (χ2n) is 8.50. The van der Waals surface area contributed by atoms with Gasteiger partial charge in [0.05, 0.1) is 23.6 Å². The van der Waals surface area contributed by atoms with Gasteiger partial charge in [-0.15, -0.1) is 0 Å². The van der Waals surface area contributed by atoms with Crippen molar-refractivity contribution in [2.45, 2.75) is 11.7 Å². The lowest BCUT2D eigenvalue weighted by Crippen LogP contribution is -2.51. The normalized spacial score (nSPS) is 24.8. The molecule has 0 N–H and O–H groups in total. The van der Waals surface area contributed by atoms with Gasteiger partial charge in [0, 0.05) is 17.2 Å². The van der Waals surface area contributed by atoms with Crippen LogP contribution in [-0.2, 0) is 14.3 Å². The zero-order chi connectivity index (χ0) is 23.8. The molecule has 0 saturated carbocycles. The number of Topliss-reactive ketones (excluding diaryl/α,β-unsaturated/α-hetero) is 2. The maximum atomic E-state index is 14.6. The zero-order valence-electron chi connectivity index (χ0n) is 17.4. The monoisotopic (exact) mass is 459 g/mol. The molecule has 1 spiro atoms. The molecule has 8 heteroatoms. The number of anilines is 1. The summed E-state index contributed by atoms with van der Waals surface area (Å²) in [6, 6.07) is 17.1. The van der Waals surface area contributed by atoms with Gasteiger partial charge in [-0.05, 0) is 17.7 Å². The molecule has 168 valence electrons. The third-order valence-electron chi connectivity index (χ3n) is 6.80. The summed E-state index contributed by atoms with van der Waals surface area (Å²) in [5.41, 5.74) is -1.98. The van der Waals surface area contributed by atoms with Crippen molar-refractivity contribution in [3.05, 3.63) is 101 Å². The molecule has 2 aliphatic heterocycles. The topological polar surface area (TPSA) is 80.8 Å². The van der Waals surface area contributed by atoms with Gasteiger partial charge < -0.3 is 4.74 Å². The van der Waals surface area contributed by atoms with E-state index in [9.17, 15) is 28.0 Å². The number of fused-ring (bicyclic) bond motifs is 3. The summed E-state index contributed by atoms with van der Waals surface area (Å²) < 4.78 is 34.3. The number of carbonyl (C=O) groups is 4. The minimum absolute atomic E-state index is 0.103. The predicted octanol–water partition coefficient (Wildman–Crippen LogP) is 3.66. The van der Waals surface area contributed by atoms with Crippen molar-refractivity contribution in [2.75, 3.05) is 4.90 Å². The van der Waals surface area contributed by atoms with Gasteiger partial charge in [0.25, 0.3) is 0 Å². The van der Waals surface area contributed by atoms with E-state index in [2.05, 4.69) is 0 Å². The summed E-state index contributed by atoms with van der Waals surface area (Å²) in [6.07, 6.45) is -1.10. The second kappa shape index (κ2) is 6.98. The van der Waals surface area contributed by atoms with E-state index in [1.165, 1.54) is 12.1 Å². The molecular formula is C26H15F2NO5. The molecule has 6 rings (SSSR count). The number of imide groups is 1. The van der Waals surface area contributed by atoms with E-state index in [-0.39, 0.29) is 11.1 Å². The van der Waals surface area contributed by atoms with Gasteiger partial charge >= 0.3 is 0 Å². The van der Waals surface area contributed by atoms with Crippen LogP contribution >= 0.6 is 0 Å². The Bertz CT molecular complexity index is 1380. The van der Waals surface area contributed by atoms with Gasteiger partial charge in [0.15, 0.2) is 0 Å². The Morgan fingerprint density at radius 2 is 1.38 bits per heavy atom. The average Bonchev–Trinajstić information content (AvgIpc) is 3.40. The smallest absolute Gasteiger partial charge is 0.241 e. The summed E-state index contributed by atoms with van der Waals surface area (Å²) in [6.45, 7) is 0. The molecule has 3 atom stereocenters. The number of hydrogen-bond acceptors (Lipinski definition) is 5. The van der Waals surface area contributed by atoms with Gasteiger partial charge in [-0.1, -0.05) is 54.6 Å². The van der Waals surface area contributed by atoms with Crippen LogP contribution in [0.15, 0.2) is 72.8 Å². The molecule has 2 fully saturated rings. The van der Waals surface area contributed by atoms with Gasteiger partial charge in [-0.3, -0.25) is 19.2 Å². The lowest BCUT2D eigenvalue weighted by atomic mass is 9.77. The molecule has 34 heavy (non-hydrogen) atoms. The van der Waals surface area contributed by atoms with Crippen molar-refractivity contribution in [1.29, 1.82) is 0 Å². The average molecular weight is 459 g/mol. The number of hydrogen-bond donors (Lipinski definition) is 0. The summed E-state index contributed by atoms with van der Waals surface area (Å²) in [5.74, 6) is -7.90. The molecule has 3 aliphatic rings. The quantitative estimate of drug-likeness (QED) is 0.432. The van der Waals surface area contributed by atoms with E-state index in [0.717, 1.165) is 12.1 Å². The molecular weight excluding hydrogens is 444 g/mol. The van der Waals surface area contributed by atoms with Crippen molar-refractivity contribution in [3.8, 4) is 0 Å². The Morgan fingerprint density at radius 1 is 0.765 bits per heavy atom. The molecule has 6 nitrogen and oxygen atoms in total. The first-order valence-corrected chi connectivity index (χ1v) is 10.6. The molecule has 2 heterocycles. The number of amides is 2. The van der Waals surface area contributed by atoms with Crippen LogP contribution in [0.25, 0.3) is 0 Å². The van der Waals surface area contributed by atoms with Crippen LogP contribution in [0.1, 0.15) is 32.4 Å². The SMILES string of the molecule is O=C1C2C(c3ccccc3)OC3(C(=O)c4ccccc4C3=O)C2C(=O)N1c1ccc(F)cc1F. The number of benzene rings is 3. The van der Waals surface area contributed by atoms with Gasteiger partial charge in [0.2, 0.25) is 29.0 Å². The number of nitrogens with zero attached hydrogens (tertiary/aromatic N) is 1. The number of carbonyl (C=O) groups excluding carboxylic acids is 4. The molecule has 0 radical (unpaired) electrons. The minimum atomic E-state index is -2.24. The Kier molecular flexibility index (Phi) is 4.22. The van der Waals surface area contributed by atoms with E-state index in [0.29, 0.717) is 16.5 Å². The number of rotatable bonds is 2. The van der Waals surface area contributed by atoms with E-state index in [1.807, 2.05) is 0 Å². The van der Waals surface area contributed by atoms with Crippen LogP contribution in [-0.4, -0.2) is 29.0 Å². The molecule has 3 aromatic rings. The lowest BCUT2D eigenvalue weighted by Gasteiger charge is -2.27. The van der Waals surface area contributed by atoms with Crippen molar-refractivity contribution >= 4 is 29.1 Å². The van der Waals surface area contributed by atoms with Gasteiger partial charge in [-0.25, -0.2) is 13.7 Å². The molecule has 2 amide bonds. The van der Waals surface area contributed by atoms with E-state index in [1.54, 1.807) is 42.5 Å². The van der Waals surface area contributed by atoms with Crippen molar-refractivity contribution in [2.24, 2.45) is 11.8 Å². The van der Waals surface area contributed by atoms with Crippen molar-refractivity contribution < 1.29 is 32.7 Å². The Morgan fingerprint density at radius 3 is 2.00 bits per heavy atom. The number of ketones is 2. The van der Waals surface area contributed by atoms with E-state index < -0.39 is 64.2 Å². The van der Waals surface area contributed by atoms with Crippen LogP contribution in [0.4, 0.5) is 14.5 Å². The molecule has 3 unspecified atom stereocenters. The Labute approximate surface area is 191 Å². The van der Waals surface area contributed by atoms with Crippen molar-refractivity contribution in [3.63, 3.8) is 0 Å². The molecule has 0 bridgehead atoms. The Hall–Kier alpha value is -4.04. The number of ether oxygens (including phenoxy) is 1. The highest BCUT2D eigenvalue weighted by atomic mass is 19.1. The molecule has 3 aromatic carbocycles. The van der Waals surface area contributed by atoms with E-state index in [4.69, 9.17) is 4.74 Å². The largest absolute Gasteiger partial charge is 0.349 e.